The minimum Gasteiger partial charge on any atom is -0.477 e. The zero-order valence-electron chi connectivity index (χ0n) is 24.1. The van der Waals surface area contributed by atoms with E-state index in [0.717, 1.165) is 53.0 Å². The zero-order chi connectivity index (χ0) is 32.1. The molecule has 45 heavy (non-hydrogen) atoms. The van der Waals surface area contributed by atoms with Gasteiger partial charge in [0.05, 0.1) is 17.9 Å². The molecule has 6 aromatic rings. The summed E-state index contributed by atoms with van der Waals surface area (Å²) < 4.78 is 4.70. The average molecular weight is 651 g/mol. The van der Waals surface area contributed by atoms with Crippen molar-refractivity contribution in [1.82, 2.24) is 29.9 Å². The second kappa shape index (κ2) is 13.6. The van der Waals surface area contributed by atoms with Crippen LogP contribution in [0, 0.1) is 0 Å². The third kappa shape index (κ3) is 7.30. The third-order valence-electron chi connectivity index (χ3n) is 6.94. The van der Waals surface area contributed by atoms with Crippen LogP contribution in [-0.4, -0.2) is 54.1 Å². The van der Waals surface area contributed by atoms with Crippen LogP contribution in [0.5, 0.6) is 0 Å². The van der Waals surface area contributed by atoms with Gasteiger partial charge in [-0.25, -0.2) is 9.59 Å². The van der Waals surface area contributed by atoms with Crippen LogP contribution in [0.25, 0.3) is 22.1 Å². The van der Waals surface area contributed by atoms with Crippen LogP contribution in [0.4, 0.5) is 11.9 Å². The highest BCUT2D eigenvalue weighted by Crippen LogP contribution is 2.22. The Bertz CT molecular complexity index is 2100. The summed E-state index contributed by atoms with van der Waals surface area (Å²) in [6, 6.07) is 7.15. The van der Waals surface area contributed by atoms with Gasteiger partial charge in [0.2, 0.25) is 11.9 Å². The number of aromatic nitrogens is 6. The Morgan fingerprint density at radius 3 is 1.69 bits per heavy atom. The Morgan fingerprint density at radius 2 is 1.24 bits per heavy atom. The maximum absolute atomic E-state index is 12.0. The number of nitrogens with one attached hydrogen (secondary N) is 4. The fraction of sp³-hybridized carbons (Fsp3) is 0.241. The molecule has 9 N–H and O–H groups in total. The number of aromatic amines is 4. The zero-order valence-corrected chi connectivity index (χ0v) is 25.7. The molecule has 6 rings (SSSR count). The van der Waals surface area contributed by atoms with E-state index in [9.17, 15) is 19.2 Å². The van der Waals surface area contributed by atoms with E-state index in [1.165, 1.54) is 29.8 Å². The maximum Gasteiger partial charge on any atom is 0.348 e. The monoisotopic (exact) mass is 650 g/mol. The average Bonchev–Trinajstić information content (AvgIpc) is 3.80. The number of nitrogens with two attached hydrogens (primary N) is 2. The number of rotatable bonds is 10. The molecule has 0 fully saturated rings. The minimum atomic E-state index is -0.900. The molecule has 0 spiro atoms. The fourth-order valence-electron chi connectivity index (χ4n) is 4.89. The van der Waals surface area contributed by atoms with E-state index in [1.54, 1.807) is 24.5 Å². The number of carbonyl (C=O) groups excluding carboxylic acids is 1. The molecule has 0 saturated carbocycles. The van der Waals surface area contributed by atoms with E-state index in [4.69, 9.17) is 21.3 Å². The number of nitrogen functional groups attached to an aromatic ring is 2. The minimum absolute atomic E-state index is 0.0886. The van der Waals surface area contributed by atoms with Crippen molar-refractivity contribution < 1.29 is 19.4 Å². The number of ether oxygens (including phenoxy) is 1. The summed E-state index contributed by atoms with van der Waals surface area (Å²) in [6.07, 6.45) is 8.27. The summed E-state index contributed by atoms with van der Waals surface area (Å²) in [5, 5.41) is 9.99. The first-order chi connectivity index (χ1) is 21.6. The third-order valence-corrected chi connectivity index (χ3v) is 9.20. The van der Waals surface area contributed by atoms with E-state index in [1.807, 2.05) is 12.1 Å². The predicted molar refractivity (Wildman–Crippen MR) is 173 cm³/mol. The van der Waals surface area contributed by atoms with Crippen LogP contribution >= 0.6 is 22.7 Å². The van der Waals surface area contributed by atoms with Crippen molar-refractivity contribution in [3.8, 4) is 0 Å². The molecule has 234 valence electrons. The normalized spacial score (nSPS) is 11.0. The number of hydrogen-bond donors (Lipinski definition) is 7. The summed E-state index contributed by atoms with van der Waals surface area (Å²) in [7, 11) is 1.37. The molecule has 0 atom stereocenters. The van der Waals surface area contributed by atoms with Crippen molar-refractivity contribution in [1.29, 1.82) is 0 Å². The fourth-order valence-corrected chi connectivity index (χ4v) is 6.75. The number of anilines is 2. The molecule has 0 bridgehead atoms. The second-order valence-electron chi connectivity index (χ2n) is 10.0. The van der Waals surface area contributed by atoms with E-state index >= 15 is 0 Å². The smallest absolute Gasteiger partial charge is 0.348 e. The van der Waals surface area contributed by atoms with Crippen LogP contribution in [-0.2, 0) is 30.4 Å². The first-order valence-corrected chi connectivity index (χ1v) is 15.5. The molecule has 0 unspecified atom stereocenters. The number of hydrogen-bond acceptors (Lipinski definition) is 11. The lowest BCUT2D eigenvalue weighted by molar-refractivity contribution is 0.0605. The van der Waals surface area contributed by atoms with Crippen molar-refractivity contribution in [3.05, 3.63) is 88.0 Å². The number of carboxylic acids is 1. The molecule has 16 heteroatoms. The lowest BCUT2D eigenvalue weighted by atomic mass is 10.1. The quantitative estimate of drug-likeness (QED) is 0.106. The Balaban J connectivity index is 0.000000178. The second-order valence-corrected chi connectivity index (χ2v) is 12.3. The number of methoxy groups -OCH3 is 1. The molecule has 6 heterocycles. The molecular formula is C29H30N8O6S2. The summed E-state index contributed by atoms with van der Waals surface area (Å²) in [4.78, 5) is 68.3. The van der Waals surface area contributed by atoms with Crippen molar-refractivity contribution in [2.75, 3.05) is 18.6 Å². The molecule has 0 saturated heterocycles. The highest BCUT2D eigenvalue weighted by atomic mass is 32.1. The lowest BCUT2D eigenvalue weighted by Gasteiger charge is -1.99. The molecular weight excluding hydrogens is 621 g/mol. The Kier molecular flexibility index (Phi) is 9.44. The number of fused-ring (bicyclic) bond motifs is 2. The van der Waals surface area contributed by atoms with Crippen molar-refractivity contribution in [2.45, 2.75) is 38.5 Å². The van der Waals surface area contributed by atoms with Gasteiger partial charge in [-0.15, -0.1) is 22.7 Å². The number of carbonyl (C=O) groups is 2. The number of thiophene rings is 2. The van der Waals surface area contributed by atoms with Gasteiger partial charge in [0.25, 0.3) is 11.1 Å². The van der Waals surface area contributed by atoms with Crippen LogP contribution < -0.4 is 22.6 Å². The number of aryl methyl sites for hydroxylation is 4. The first kappa shape index (κ1) is 31.2. The molecule has 14 nitrogen and oxygen atoms in total. The van der Waals surface area contributed by atoms with Crippen LogP contribution in [0.3, 0.4) is 0 Å². The molecule has 0 aliphatic carbocycles. The van der Waals surface area contributed by atoms with Gasteiger partial charge < -0.3 is 31.3 Å². The SMILES string of the molecule is COC(=O)c1ccc(CCCc2c[nH]c3nc(N)[nH]c(=O)c23)s1.Nc1nc2[nH]cc(CCCc3ccc(C(=O)O)s3)c2c(=O)[nH]1. The summed E-state index contributed by atoms with van der Waals surface area (Å²) >= 11 is 2.72. The molecule has 0 radical (unpaired) electrons. The van der Waals surface area contributed by atoms with Crippen LogP contribution in [0.1, 0.15) is 53.1 Å². The number of esters is 1. The van der Waals surface area contributed by atoms with E-state index < -0.39 is 5.97 Å². The van der Waals surface area contributed by atoms with Crippen molar-refractivity contribution in [2.24, 2.45) is 0 Å². The molecule has 0 aromatic carbocycles. The number of nitrogens with zero attached hydrogens (tertiary/aromatic N) is 2. The van der Waals surface area contributed by atoms with Crippen molar-refractivity contribution >= 4 is 68.6 Å². The van der Waals surface area contributed by atoms with Gasteiger partial charge in [0.15, 0.2) is 0 Å². The molecule has 6 aromatic heterocycles. The number of H-pyrrole nitrogens is 4. The first-order valence-electron chi connectivity index (χ1n) is 13.8. The van der Waals surface area contributed by atoms with Gasteiger partial charge in [-0.3, -0.25) is 19.6 Å². The highest BCUT2D eigenvalue weighted by molar-refractivity contribution is 7.14. The van der Waals surface area contributed by atoms with Gasteiger partial charge in [0.1, 0.15) is 21.0 Å². The largest absolute Gasteiger partial charge is 0.477 e. The number of aromatic carboxylic acids is 1. The van der Waals surface area contributed by atoms with E-state index in [-0.39, 0.29) is 29.0 Å². The summed E-state index contributed by atoms with van der Waals surface area (Å²) in [5.74, 6) is -1.02. The standard InChI is InChI=1S/C15H16N4O3S.C14H14N4O3S/c1-22-14(21)10-6-5-9(23-10)4-2-3-8-7-17-12-11(8)13(20)19-15(16)18-12;15-14-17-11-10(12(19)18-14)7(6-16-11)2-1-3-8-4-5-9(22-8)13(20)21/h5-7H,2-4H2,1H3,(H4,16,17,18,19,20);4-6H,1-3H2,(H,20,21)(H4,15,16,17,18,19). The van der Waals surface area contributed by atoms with Gasteiger partial charge in [0, 0.05) is 22.1 Å². The Hall–Kier alpha value is -5.22. The van der Waals surface area contributed by atoms with E-state index in [0.29, 0.717) is 38.2 Å². The molecule has 0 aliphatic rings. The predicted octanol–water partition coefficient (Wildman–Crippen LogP) is 3.63. The van der Waals surface area contributed by atoms with Gasteiger partial charge in [-0.05, 0) is 73.9 Å². The highest BCUT2D eigenvalue weighted by Gasteiger charge is 2.13. The lowest BCUT2D eigenvalue weighted by Crippen LogP contribution is -2.11. The summed E-state index contributed by atoms with van der Waals surface area (Å²) in [5.41, 5.74) is 13.3. The van der Waals surface area contributed by atoms with Crippen LogP contribution in [0.15, 0.2) is 46.2 Å². The van der Waals surface area contributed by atoms with E-state index in [2.05, 4.69) is 29.9 Å². The maximum atomic E-state index is 12.0. The summed E-state index contributed by atoms with van der Waals surface area (Å²) in [6.45, 7) is 0. The number of carboxylic acid groups (broad SMARTS) is 1. The van der Waals surface area contributed by atoms with Crippen molar-refractivity contribution in [3.63, 3.8) is 0 Å². The van der Waals surface area contributed by atoms with Gasteiger partial charge in [-0.2, -0.15) is 9.97 Å². The van der Waals surface area contributed by atoms with Crippen LogP contribution in [0.2, 0.25) is 0 Å². The van der Waals surface area contributed by atoms with Gasteiger partial charge in [-0.1, -0.05) is 0 Å². The molecule has 0 amide bonds. The Labute approximate surface area is 262 Å². The topological polar surface area (TPSA) is 239 Å². The molecule has 0 aliphatic heterocycles. The Morgan fingerprint density at radius 1 is 0.778 bits per heavy atom. The van der Waals surface area contributed by atoms with Gasteiger partial charge >= 0.3 is 11.9 Å².